The van der Waals surface area contributed by atoms with Gasteiger partial charge in [0.1, 0.15) is 11.6 Å². The van der Waals surface area contributed by atoms with E-state index in [0.717, 1.165) is 23.1 Å². The molecule has 0 saturated heterocycles. The van der Waals surface area contributed by atoms with Crippen LogP contribution in [0.1, 0.15) is 38.7 Å². The number of aromatic nitrogens is 2. The highest BCUT2D eigenvalue weighted by atomic mass is 32.1. The molecule has 1 aliphatic heterocycles. The molecule has 5 nitrogen and oxygen atoms in total. The van der Waals surface area contributed by atoms with Gasteiger partial charge in [0, 0.05) is 21.9 Å². The van der Waals surface area contributed by atoms with E-state index < -0.39 is 0 Å². The Kier molecular flexibility index (Phi) is 4.44. The van der Waals surface area contributed by atoms with E-state index in [1.54, 1.807) is 12.1 Å². The van der Waals surface area contributed by atoms with Crippen molar-refractivity contribution in [2.75, 3.05) is 0 Å². The van der Waals surface area contributed by atoms with Crippen LogP contribution in [0.4, 0.5) is 19.6 Å². The number of hydrogen-bond acceptors (Lipinski definition) is 5. The summed E-state index contributed by atoms with van der Waals surface area (Å²) in [5, 5.41) is 22.2. The summed E-state index contributed by atoms with van der Waals surface area (Å²) in [4.78, 5) is 4.42. The average molecular weight is 439 g/mol. The molecule has 0 spiro atoms. The van der Waals surface area contributed by atoms with Crippen molar-refractivity contribution in [2.45, 2.75) is 38.6 Å². The predicted molar refractivity (Wildman–Crippen MR) is 118 cm³/mol. The first-order valence-electron chi connectivity index (χ1n) is 9.95. The molecule has 2 aromatic heterocycles. The predicted octanol–water partition coefficient (Wildman–Crippen LogP) is 7.41. The number of benzene rings is 2. The minimum absolute atomic E-state index is 0.0298. The molecule has 2 aromatic carbocycles. The Morgan fingerprint density at radius 1 is 1.13 bits per heavy atom. The van der Waals surface area contributed by atoms with E-state index in [2.05, 4.69) is 22.1 Å². The van der Waals surface area contributed by atoms with Gasteiger partial charge in [-0.15, -0.1) is 21.6 Å². The Balaban J connectivity index is 1.59. The van der Waals surface area contributed by atoms with E-state index >= 15 is 0 Å². The van der Waals surface area contributed by atoms with Gasteiger partial charge in [0.05, 0.1) is 11.2 Å². The van der Waals surface area contributed by atoms with Gasteiger partial charge in [-0.3, -0.25) is 0 Å². The third kappa shape index (κ3) is 3.22. The van der Waals surface area contributed by atoms with Gasteiger partial charge in [-0.05, 0) is 68.1 Å². The molecule has 0 fully saturated rings. The quantitative estimate of drug-likeness (QED) is 0.339. The Hall–Kier alpha value is -3.13. The number of thiazole rings is 1. The number of halogens is 2. The molecule has 0 saturated carbocycles. The van der Waals surface area contributed by atoms with E-state index in [1.165, 1.54) is 35.6 Å². The summed E-state index contributed by atoms with van der Waals surface area (Å²) in [6, 6.07) is 8.97. The lowest BCUT2D eigenvalue weighted by Gasteiger charge is -2.36. The minimum atomic E-state index is -0.365. The summed E-state index contributed by atoms with van der Waals surface area (Å²) >= 11 is 1.28. The molecule has 0 bridgehead atoms. The van der Waals surface area contributed by atoms with Gasteiger partial charge in [-0.1, -0.05) is 6.92 Å². The number of aromatic hydroxyl groups is 1. The van der Waals surface area contributed by atoms with Crippen LogP contribution in [-0.4, -0.2) is 14.7 Å². The molecule has 4 aromatic rings. The number of nitrogens with zero attached hydrogens (tertiary/aromatic N) is 4. The number of azo groups is 1. The van der Waals surface area contributed by atoms with Crippen molar-refractivity contribution in [1.82, 2.24) is 9.55 Å². The lowest BCUT2D eigenvalue weighted by Crippen LogP contribution is -2.31. The number of hydrogen-bond donors (Lipinski definition) is 1. The van der Waals surface area contributed by atoms with Crippen molar-refractivity contribution < 1.29 is 13.9 Å². The minimum Gasteiger partial charge on any atom is -0.493 e. The molecule has 5 rings (SSSR count). The summed E-state index contributed by atoms with van der Waals surface area (Å²) in [6.07, 6.45) is 0.769. The molecule has 1 atom stereocenters. The Bertz CT molecular complexity index is 1340. The maximum Gasteiger partial charge on any atom is 0.230 e. The maximum atomic E-state index is 14.4. The summed E-state index contributed by atoms with van der Waals surface area (Å²) in [5.74, 6) is -0.558. The fraction of sp³-hybridized carbons (Fsp3) is 0.261. The third-order valence-corrected chi connectivity index (χ3v) is 6.54. The monoisotopic (exact) mass is 438 g/mol. The Morgan fingerprint density at radius 3 is 2.61 bits per heavy atom. The van der Waals surface area contributed by atoms with Crippen molar-refractivity contribution in [2.24, 2.45) is 10.2 Å². The SMILES string of the molecule is CC1CC(C)(C)n2c(O)c(N=Nc3nc(-c4ccc(F)cc4)cs3)c3cc(F)cc1c32. The van der Waals surface area contributed by atoms with Crippen LogP contribution in [0.5, 0.6) is 5.88 Å². The highest BCUT2D eigenvalue weighted by Gasteiger charge is 2.36. The summed E-state index contributed by atoms with van der Waals surface area (Å²) < 4.78 is 29.4. The third-order valence-electron chi connectivity index (χ3n) is 5.82. The molecule has 8 heteroatoms. The smallest absolute Gasteiger partial charge is 0.230 e. The summed E-state index contributed by atoms with van der Waals surface area (Å²) in [5.41, 5.74) is 2.97. The van der Waals surface area contributed by atoms with E-state index in [4.69, 9.17) is 0 Å². The zero-order chi connectivity index (χ0) is 21.9. The Morgan fingerprint density at radius 2 is 1.87 bits per heavy atom. The highest BCUT2D eigenvalue weighted by Crippen LogP contribution is 2.51. The maximum absolute atomic E-state index is 14.4. The van der Waals surface area contributed by atoms with Gasteiger partial charge in [0.2, 0.25) is 11.0 Å². The van der Waals surface area contributed by atoms with Crippen LogP contribution in [0.15, 0.2) is 52.0 Å². The van der Waals surface area contributed by atoms with Gasteiger partial charge in [-0.25, -0.2) is 13.8 Å². The van der Waals surface area contributed by atoms with Crippen LogP contribution in [0.25, 0.3) is 22.2 Å². The van der Waals surface area contributed by atoms with Gasteiger partial charge >= 0.3 is 0 Å². The van der Waals surface area contributed by atoms with Crippen LogP contribution in [0.2, 0.25) is 0 Å². The first-order chi connectivity index (χ1) is 14.7. The largest absolute Gasteiger partial charge is 0.493 e. The van der Waals surface area contributed by atoms with Crippen molar-refractivity contribution in [3.05, 3.63) is 59.0 Å². The topological polar surface area (TPSA) is 62.8 Å². The molecular formula is C23H20F2N4OS. The van der Waals surface area contributed by atoms with Crippen LogP contribution in [0.3, 0.4) is 0 Å². The van der Waals surface area contributed by atoms with Crippen molar-refractivity contribution >= 4 is 33.1 Å². The fourth-order valence-electron chi connectivity index (χ4n) is 4.55. The molecule has 0 amide bonds. The second-order valence-electron chi connectivity index (χ2n) is 8.54. The van der Waals surface area contributed by atoms with Crippen LogP contribution in [0, 0.1) is 11.6 Å². The molecule has 0 aliphatic carbocycles. The van der Waals surface area contributed by atoms with E-state index in [9.17, 15) is 13.9 Å². The molecule has 0 radical (unpaired) electrons. The van der Waals surface area contributed by atoms with E-state index in [-0.39, 0.29) is 34.7 Å². The summed E-state index contributed by atoms with van der Waals surface area (Å²) in [7, 11) is 0. The first-order valence-corrected chi connectivity index (χ1v) is 10.8. The van der Waals surface area contributed by atoms with E-state index in [0.29, 0.717) is 16.2 Å². The fourth-order valence-corrected chi connectivity index (χ4v) is 5.20. The first kappa shape index (κ1) is 19.8. The molecule has 3 heterocycles. The standard InChI is InChI=1S/C23H20F2N4OS/c1-12-10-23(2,3)29-20-16(12)8-15(25)9-17(20)19(21(29)30)27-28-22-26-18(11-31-22)13-4-6-14(24)7-5-13/h4-9,11-12,30H,10H2,1-3H3. The highest BCUT2D eigenvalue weighted by molar-refractivity contribution is 7.13. The van der Waals surface area contributed by atoms with Crippen molar-refractivity contribution in [1.29, 1.82) is 0 Å². The van der Waals surface area contributed by atoms with Crippen LogP contribution in [-0.2, 0) is 5.54 Å². The molecule has 31 heavy (non-hydrogen) atoms. The zero-order valence-corrected chi connectivity index (χ0v) is 18.0. The second kappa shape index (κ2) is 6.95. The molecule has 1 unspecified atom stereocenters. The van der Waals surface area contributed by atoms with Gasteiger partial charge in [0.25, 0.3) is 0 Å². The van der Waals surface area contributed by atoms with E-state index in [1.807, 2.05) is 23.8 Å². The lowest BCUT2D eigenvalue weighted by atomic mass is 9.82. The molecule has 1 aliphatic rings. The van der Waals surface area contributed by atoms with Crippen molar-refractivity contribution in [3.8, 4) is 17.1 Å². The summed E-state index contributed by atoms with van der Waals surface area (Å²) in [6.45, 7) is 6.16. The van der Waals surface area contributed by atoms with Crippen LogP contribution >= 0.6 is 11.3 Å². The average Bonchev–Trinajstić information content (AvgIpc) is 3.28. The molecular weight excluding hydrogens is 418 g/mol. The normalized spacial score (nSPS) is 17.6. The van der Waals surface area contributed by atoms with Gasteiger partial charge in [-0.2, -0.15) is 0 Å². The lowest BCUT2D eigenvalue weighted by molar-refractivity contribution is 0.267. The van der Waals surface area contributed by atoms with Crippen molar-refractivity contribution in [3.63, 3.8) is 0 Å². The Labute approximate surface area is 181 Å². The molecule has 1 N–H and O–H groups in total. The second-order valence-corrected chi connectivity index (χ2v) is 9.38. The van der Waals surface area contributed by atoms with Crippen LogP contribution < -0.4 is 0 Å². The van der Waals surface area contributed by atoms with Gasteiger partial charge in [0.15, 0.2) is 5.69 Å². The molecule has 158 valence electrons. The number of rotatable bonds is 3. The van der Waals surface area contributed by atoms with Gasteiger partial charge < -0.3 is 9.67 Å². The zero-order valence-electron chi connectivity index (χ0n) is 17.2.